The molecule has 2 atom stereocenters. The van der Waals surface area contributed by atoms with Crippen LogP contribution in [0.25, 0.3) is 10.2 Å². The van der Waals surface area contributed by atoms with Gasteiger partial charge in [0.2, 0.25) is 0 Å². The Balaban J connectivity index is 1.36. The molecule has 6 heteroatoms. The molecule has 0 unspecified atom stereocenters. The van der Waals surface area contributed by atoms with Crippen LogP contribution in [0.5, 0.6) is 0 Å². The zero-order valence-electron chi connectivity index (χ0n) is 16.2. The van der Waals surface area contributed by atoms with Gasteiger partial charge in [-0.05, 0) is 37.8 Å². The molecule has 1 heterocycles. The summed E-state index contributed by atoms with van der Waals surface area (Å²) in [5.41, 5.74) is 0.993. The highest BCUT2D eigenvalue weighted by molar-refractivity contribution is 7.18. The number of amides is 1. The van der Waals surface area contributed by atoms with E-state index >= 15 is 0 Å². The number of rotatable bonds is 5. The van der Waals surface area contributed by atoms with Crippen LogP contribution in [0.4, 0.5) is 0 Å². The highest BCUT2D eigenvalue weighted by Gasteiger charge is 2.35. The van der Waals surface area contributed by atoms with E-state index in [-0.39, 0.29) is 36.4 Å². The van der Waals surface area contributed by atoms with Gasteiger partial charge in [0.15, 0.2) is 6.61 Å². The molecule has 2 aliphatic carbocycles. The van der Waals surface area contributed by atoms with Crippen LogP contribution in [0, 0.1) is 5.92 Å². The second-order valence-corrected chi connectivity index (χ2v) is 9.09. The first kappa shape index (κ1) is 19.4. The number of esters is 1. The molecule has 0 spiro atoms. The number of nitrogens with one attached hydrogen (secondary N) is 1. The van der Waals surface area contributed by atoms with Crippen molar-refractivity contribution in [1.29, 1.82) is 0 Å². The molecule has 1 amide bonds. The summed E-state index contributed by atoms with van der Waals surface area (Å²) in [4.78, 5) is 29.7. The largest absolute Gasteiger partial charge is 0.455 e. The lowest BCUT2D eigenvalue weighted by Gasteiger charge is -2.28. The van der Waals surface area contributed by atoms with Crippen molar-refractivity contribution in [2.45, 2.75) is 69.7 Å². The fraction of sp³-hybridized carbons (Fsp3) is 0.591. The van der Waals surface area contributed by atoms with Gasteiger partial charge in [0, 0.05) is 12.0 Å². The minimum atomic E-state index is -0.247. The predicted molar refractivity (Wildman–Crippen MR) is 110 cm³/mol. The number of hydrogen-bond donors (Lipinski definition) is 1. The fourth-order valence-corrected chi connectivity index (χ4v) is 5.68. The van der Waals surface area contributed by atoms with E-state index in [1.54, 1.807) is 11.3 Å². The van der Waals surface area contributed by atoms with Gasteiger partial charge in [-0.3, -0.25) is 9.59 Å². The van der Waals surface area contributed by atoms with Gasteiger partial charge in [-0.15, -0.1) is 11.3 Å². The molecule has 2 aliphatic rings. The molecule has 2 saturated carbocycles. The normalized spacial score (nSPS) is 23.4. The molecule has 1 N–H and O–H groups in total. The van der Waals surface area contributed by atoms with Crippen LogP contribution >= 0.6 is 11.3 Å². The molecule has 5 nitrogen and oxygen atoms in total. The molecule has 0 saturated heterocycles. The van der Waals surface area contributed by atoms with Crippen LogP contribution in [-0.4, -0.2) is 29.5 Å². The van der Waals surface area contributed by atoms with Crippen molar-refractivity contribution in [2.75, 3.05) is 6.61 Å². The maximum atomic E-state index is 12.8. The van der Waals surface area contributed by atoms with E-state index in [1.165, 1.54) is 6.42 Å². The Kier molecular flexibility index (Phi) is 6.25. The number of fused-ring (bicyclic) bond motifs is 1. The lowest BCUT2D eigenvalue weighted by atomic mass is 9.79. The molecule has 150 valence electrons. The number of nitrogens with zero attached hydrogens (tertiary/aromatic N) is 1. The Morgan fingerprint density at radius 2 is 1.79 bits per heavy atom. The monoisotopic (exact) mass is 400 g/mol. The summed E-state index contributed by atoms with van der Waals surface area (Å²) < 4.78 is 6.59. The molecule has 4 rings (SSSR count). The second-order valence-electron chi connectivity index (χ2n) is 8.03. The third kappa shape index (κ3) is 4.54. The Morgan fingerprint density at radius 3 is 2.61 bits per heavy atom. The average Bonchev–Trinajstić information content (AvgIpc) is 3.17. The minimum absolute atomic E-state index is 0.0973. The van der Waals surface area contributed by atoms with Gasteiger partial charge >= 0.3 is 5.97 Å². The number of carbonyl (C=O) groups is 2. The fourth-order valence-electron chi connectivity index (χ4n) is 4.52. The smallest absolute Gasteiger partial charge is 0.310 e. The van der Waals surface area contributed by atoms with Crippen molar-refractivity contribution >= 4 is 33.4 Å². The van der Waals surface area contributed by atoms with Crippen molar-refractivity contribution in [2.24, 2.45) is 5.92 Å². The Labute approximate surface area is 169 Å². The number of thiazole rings is 1. The van der Waals surface area contributed by atoms with Crippen LogP contribution in [0.2, 0.25) is 0 Å². The summed E-state index contributed by atoms with van der Waals surface area (Å²) in [6.45, 7) is -0.168. The number of ether oxygens (including phenoxy) is 1. The number of benzene rings is 1. The Hall–Kier alpha value is -1.95. The van der Waals surface area contributed by atoms with Gasteiger partial charge in [0.1, 0.15) is 0 Å². The SMILES string of the molecule is O=C(COC(=O)[C@H]1CCCC[C@H]1c1nc2ccccc2s1)NC1CCCCC1. The van der Waals surface area contributed by atoms with E-state index in [0.717, 1.165) is 66.6 Å². The quantitative estimate of drug-likeness (QED) is 0.747. The Morgan fingerprint density at radius 1 is 1.04 bits per heavy atom. The van der Waals surface area contributed by atoms with Gasteiger partial charge in [-0.25, -0.2) is 4.98 Å². The maximum absolute atomic E-state index is 12.8. The lowest BCUT2D eigenvalue weighted by molar-refractivity contribution is -0.154. The number of aromatic nitrogens is 1. The van der Waals surface area contributed by atoms with Crippen LogP contribution in [-0.2, 0) is 14.3 Å². The van der Waals surface area contributed by atoms with Crippen LogP contribution in [0.15, 0.2) is 24.3 Å². The zero-order valence-corrected chi connectivity index (χ0v) is 17.0. The number of para-hydroxylation sites is 1. The average molecular weight is 401 g/mol. The standard InChI is InChI=1S/C22H28N2O3S/c25-20(23-15-8-2-1-3-9-15)14-27-22(26)17-11-5-4-10-16(17)21-24-18-12-6-7-13-19(18)28-21/h6-7,12-13,15-17H,1-5,8-11,14H2,(H,23,25)/t16-,17+/m1/s1. The number of hydrogen-bond acceptors (Lipinski definition) is 5. The molecule has 1 aromatic carbocycles. The van der Waals surface area contributed by atoms with Crippen molar-refractivity contribution in [1.82, 2.24) is 10.3 Å². The summed E-state index contributed by atoms with van der Waals surface area (Å²) in [5, 5.41) is 4.03. The minimum Gasteiger partial charge on any atom is -0.455 e. The molecule has 2 aromatic rings. The van der Waals surface area contributed by atoms with Crippen LogP contribution in [0.3, 0.4) is 0 Å². The summed E-state index contributed by atoms with van der Waals surface area (Å²) >= 11 is 1.67. The molecular formula is C22H28N2O3S. The van der Waals surface area contributed by atoms with Gasteiger partial charge < -0.3 is 10.1 Å². The third-order valence-corrected chi connectivity index (χ3v) is 7.18. The molecule has 0 radical (unpaired) electrons. The first-order chi connectivity index (χ1) is 13.7. The lowest BCUT2D eigenvalue weighted by Crippen LogP contribution is -2.39. The van der Waals surface area contributed by atoms with Crippen molar-refractivity contribution in [3.8, 4) is 0 Å². The summed E-state index contributed by atoms with van der Waals surface area (Å²) in [5.74, 6) is -0.521. The van der Waals surface area contributed by atoms with Crippen molar-refractivity contribution < 1.29 is 14.3 Å². The highest BCUT2D eigenvalue weighted by Crippen LogP contribution is 2.41. The van der Waals surface area contributed by atoms with E-state index < -0.39 is 0 Å². The zero-order chi connectivity index (χ0) is 19.3. The van der Waals surface area contributed by atoms with Crippen molar-refractivity contribution in [3.05, 3.63) is 29.3 Å². The Bertz CT molecular complexity index is 795. The van der Waals surface area contributed by atoms with Crippen LogP contribution in [0.1, 0.15) is 68.7 Å². The molecule has 2 fully saturated rings. The predicted octanol–water partition coefficient (Wildman–Crippen LogP) is 4.56. The second kappa shape index (κ2) is 9.03. The molecular weight excluding hydrogens is 372 g/mol. The molecule has 28 heavy (non-hydrogen) atoms. The molecule has 0 bridgehead atoms. The summed E-state index contributed by atoms with van der Waals surface area (Å²) in [7, 11) is 0. The van der Waals surface area contributed by atoms with Gasteiger partial charge in [0.05, 0.1) is 21.1 Å². The summed E-state index contributed by atoms with van der Waals surface area (Å²) in [6.07, 6.45) is 9.52. The van der Waals surface area contributed by atoms with E-state index in [4.69, 9.17) is 9.72 Å². The summed E-state index contributed by atoms with van der Waals surface area (Å²) in [6, 6.07) is 8.33. The van der Waals surface area contributed by atoms with E-state index in [2.05, 4.69) is 11.4 Å². The van der Waals surface area contributed by atoms with Gasteiger partial charge in [-0.2, -0.15) is 0 Å². The van der Waals surface area contributed by atoms with Gasteiger partial charge in [-0.1, -0.05) is 44.2 Å². The van der Waals surface area contributed by atoms with E-state index in [1.807, 2.05) is 18.2 Å². The third-order valence-electron chi connectivity index (χ3n) is 6.01. The number of carbonyl (C=O) groups excluding carboxylic acids is 2. The van der Waals surface area contributed by atoms with Gasteiger partial charge in [0.25, 0.3) is 5.91 Å². The van der Waals surface area contributed by atoms with E-state index in [9.17, 15) is 9.59 Å². The molecule has 1 aromatic heterocycles. The van der Waals surface area contributed by atoms with Crippen LogP contribution < -0.4 is 5.32 Å². The topological polar surface area (TPSA) is 68.3 Å². The first-order valence-electron chi connectivity index (χ1n) is 10.5. The molecule has 0 aliphatic heterocycles. The highest BCUT2D eigenvalue weighted by atomic mass is 32.1. The first-order valence-corrected chi connectivity index (χ1v) is 11.3. The van der Waals surface area contributed by atoms with Crippen molar-refractivity contribution in [3.63, 3.8) is 0 Å². The van der Waals surface area contributed by atoms with E-state index in [0.29, 0.717) is 0 Å². The maximum Gasteiger partial charge on any atom is 0.310 e.